The fraction of sp³-hybridized carbons (Fsp3) is 0.278. The van der Waals surface area contributed by atoms with Crippen molar-refractivity contribution in [2.45, 2.75) is 32.7 Å². The first kappa shape index (κ1) is 16.5. The molecule has 1 amide bonds. The molecule has 0 fully saturated rings. The van der Waals surface area contributed by atoms with E-state index in [9.17, 15) is 9.18 Å². The molecule has 22 heavy (non-hydrogen) atoms. The minimum atomic E-state index is -0.456. The third-order valence-corrected chi connectivity index (χ3v) is 3.87. The SMILES string of the molecule is CCc1ccc([C@H](C)NC(=O)Cc2ccc(Cl)cc2F)cc1. The molecule has 0 aliphatic heterocycles. The molecule has 0 spiro atoms. The molecule has 1 N–H and O–H groups in total. The van der Waals surface area contributed by atoms with Crippen LogP contribution < -0.4 is 5.32 Å². The van der Waals surface area contributed by atoms with E-state index >= 15 is 0 Å². The van der Waals surface area contributed by atoms with E-state index in [1.165, 1.54) is 17.7 Å². The smallest absolute Gasteiger partial charge is 0.225 e. The van der Waals surface area contributed by atoms with Crippen molar-refractivity contribution in [3.8, 4) is 0 Å². The molecule has 1 atom stereocenters. The van der Waals surface area contributed by atoms with Gasteiger partial charge in [-0.15, -0.1) is 0 Å². The van der Waals surface area contributed by atoms with Crippen LogP contribution in [0.4, 0.5) is 4.39 Å². The first-order valence-electron chi connectivity index (χ1n) is 7.31. The highest BCUT2D eigenvalue weighted by Gasteiger charge is 2.12. The highest BCUT2D eigenvalue weighted by Crippen LogP contribution is 2.17. The molecule has 0 bridgehead atoms. The number of carbonyl (C=O) groups excluding carboxylic acids is 1. The number of aryl methyl sites for hydroxylation is 1. The number of halogens is 2. The van der Waals surface area contributed by atoms with E-state index in [1.54, 1.807) is 6.07 Å². The van der Waals surface area contributed by atoms with E-state index in [0.717, 1.165) is 12.0 Å². The number of nitrogens with one attached hydrogen (secondary N) is 1. The lowest BCUT2D eigenvalue weighted by atomic mass is 10.0. The summed E-state index contributed by atoms with van der Waals surface area (Å²) in [7, 11) is 0. The van der Waals surface area contributed by atoms with Gasteiger partial charge in [-0.05, 0) is 42.2 Å². The molecule has 116 valence electrons. The minimum Gasteiger partial charge on any atom is -0.349 e. The average Bonchev–Trinajstić information content (AvgIpc) is 2.50. The van der Waals surface area contributed by atoms with Crippen LogP contribution in [-0.2, 0) is 17.6 Å². The lowest BCUT2D eigenvalue weighted by Gasteiger charge is -2.15. The number of carbonyl (C=O) groups is 1. The zero-order chi connectivity index (χ0) is 16.1. The monoisotopic (exact) mass is 319 g/mol. The lowest BCUT2D eigenvalue weighted by Crippen LogP contribution is -2.28. The van der Waals surface area contributed by atoms with Crippen LogP contribution in [0.25, 0.3) is 0 Å². The Balaban J connectivity index is 1.98. The zero-order valence-electron chi connectivity index (χ0n) is 12.7. The van der Waals surface area contributed by atoms with Crippen molar-refractivity contribution in [1.82, 2.24) is 5.32 Å². The van der Waals surface area contributed by atoms with Gasteiger partial charge in [-0.1, -0.05) is 48.9 Å². The summed E-state index contributed by atoms with van der Waals surface area (Å²) < 4.78 is 13.7. The van der Waals surface area contributed by atoms with E-state index in [2.05, 4.69) is 24.4 Å². The second kappa shape index (κ2) is 7.41. The molecule has 2 rings (SSSR count). The number of hydrogen-bond donors (Lipinski definition) is 1. The largest absolute Gasteiger partial charge is 0.349 e. The molecule has 0 aliphatic carbocycles. The molecule has 0 saturated heterocycles. The topological polar surface area (TPSA) is 29.1 Å². The summed E-state index contributed by atoms with van der Waals surface area (Å²) in [5.41, 5.74) is 2.63. The molecule has 0 saturated carbocycles. The van der Waals surface area contributed by atoms with Gasteiger partial charge in [-0.3, -0.25) is 4.79 Å². The van der Waals surface area contributed by atoms with E-state index in [0.29, 0.717) is 10.6 Å². The van der Waals surface area contributed by atoms with Crippen LogP contribution in [-0.4, -0.2) is 5.91 Å². The van der Waals surface area contributed by atoms with Gasteiger partial charge < -0.3 is 5.32 Å². The molecule has 2 nitrogen and oxygen atoms in total. The van der Waals surface area contributed by atoms with Gasteiger partial charge >= 0.3 is 0 Å². The molecular formula is C18H19ClFNO. The fourth-order valence-electron chi connectivity index (χ4n) is 2.26. The van der Waals surface area contributed by atoms with Crippen molar-refractivity contribution < 1.29 is 9.18 Å². The van der Waals surface area contributed by atoms with Crippen LogP contribution in [0.1, 0.15) is 36.6 Å². The third-order valence-electron chi connectivity index (χ3n) is 3.63. The maximum atomic E-state index is 13.7. The Morgan fingerprint density at radius 1 is 1.23 bits per heavy atom. The van der Waals surface area contributed by atoms with Gasteiger partial charge in [0.1, 0.15) is 5.82 Å². The number of amides is 1. The second-order valence-corrected chi connectivity index (χ2v) is 5.73. The van der Waals surface area contributed by atoms with Gasteiger partial charge in [-0.25, -0.2) is 4.39 Å². The molecule has 0 heterocycles. The summed E-state index contributed by atoms with van der Waals surface area (Å²) in [6, 6.07) is 12.3. The fourth-order valence-corrected chi connectivity index (χ4v) is 2.41. The maximum Gasteiger partial charge on any atom is 0.225 e. The summed E-state index contributed by atoms with van der Waals surface area (Å²) in [5, 5.41) is 3.21. The number of rotatable bonds is 5. The van der Waals surface area contributed by atoms with Gasteiger partial charge in [-0.2, -0.15) is 0 Å². The van der Waals surface area contributed by atoms with Crippen LogP contribution in [0, 0.1) is 5.82 Å². The second-order valence-electron chi connectivity index (χ2n) is 5.30. The zero-order valence-corrected chi connectivity index (χ0v) is 13.5. The Morgan fingerprint density at radius 3 is 2.50 bits per heavy atom. The van der Waals surface area contributed by atoms with Gasteiger partial charge in [0.2, 0.25) is 5.91 Å². The quantitative estimate of drug-likeness (QED) is 0.866. The molecule has 0 aliphatic rings. The first-order valence-corrected chi connectivity index (χ1v) is 7.69. The van der Waals surface area contributed by atoms with Crippen molar-refractivity contribution in [1.29, 1.82) is 0 Å². The minimum absolute atomic E-state index is 0.000383. The van der Waals surface area contributed by atoms with Crippen LogP contribution in [0.5, 0.6) is 0 Å². The normalized spacial score (nSPS) is 12.0. The number of hydrogen-bond acceptors (Lipinski definition) is 1. The molecule has 2 aromatic rings. The van der Waals surface area contributed by atoms with Crippen molar-refractivity contribution in [3.05, 3.63) is 70.0 Å². The third kappa shape index (κ3) is 4.31. The summed E-state index contributed by atoms with van der Waals surface area (Å²) in [5.74, 6) is -0.670. The Bertz CT molecular complexity index is 655. The molecule has 0 radical (unpaired) electrons. The van der Waals surface area contributed by atoms with Crippen LogP contribution >= 0.6 is 11.6 Å². The van der Waals surface area contributed by atoms with Crippen LogP contribution in [0.15, 0.2) is 42.5 Å². The molecule has 0 aromatic heterocycles. The standard InChI is InChI=1S/C18H19ClFNO/c1-3-13-4-6-14(7-5-13)12(2)21-18(22)10-15-8-9-16(19)11-17(15)20/h4-9,11-12H,3,10H2,1-2H3,(H,21,22)/t12-/m0/s1. The van der Waals surface area contributed by atoms with Gasteiger partial charge in [0.15, 0.2) is 0 Å². The first-order chi connectivity index (χ1) is 10.5. The predicted molar refractivity (Wildman–Crippen MR) is 87.5 cm³/mol. The highest BCUT2D eigenvalue weighted by molar-refractivity contribution is 6.30. The van der Waals surface area contributed by atoms with Gasteiger partial charge in [0.25, 0.3) is 0 Å². The predicted octanol–water partition coefficient (Wildman–Crippen LogP) is 4.46. The van der Waals surface area contributed by atoms with Gasteiger partial charge in [0.05, 0.1) is 12.5 Å². The van der Waals surface area contributed by atoms with Gasteiger partial charge in [0, 0.05) is 5.02 Å². The van der Waals surface area contributed by atoms with Crippen LogP contribution in [0.2, 0.25) is 5.02 Å². The summed E-state index contributed by atoms with van der Waals surface area (Å²) in [6.45, 7) is 4.01. The Hall–Kier alpha value is -1.87. The van der Waals surface area contributed by atoms with E-state index in [4.69, 9.17) is 11.6 Å². The number of benzene rings is 2. The van der Waals surface area contributed by atoms with Crippen molar-refractivity contribution >= 4 is 17.5 Å². The van der Waals surface area contributed by atoms with Crippen LogP contribution in [0.3, 0.4) is 0 Å². The van der Waals surface area contributed by atoms with Crippen molar-refractivity contribution in [3.63, 3.8) is 0 Å². The molecule has 0 unspecified atom stereocenters. The van der Waals surface area contributed by atoms with E-state index < -0.39 is 5.82 Å². The van der Waals surface area contributed by atoms with Crippen molar-refractivity contribution in [2.24, 2.45) is 0 Å². The molecule has 2 aromatic carbocycles. The summed E-state index contributed by atoms with van der Waals surface area (Å²) in [4.78, 5) is 12.0. The summed E-state index contributed by atoms with van der Waals surface area (Å²) in [6.07, 6.45) is 0.983. The lowest BCUT2D eigenvalue weighted by molar-refractivity contribution is -0.121. The molecular weight excluding hydrogens is 301 g/mol. The average molecular weight is 320 g/mol. The van der Waals surface area contributed by atoms with E-state index in [-0.39, 0.29) is 18.4 Å². The highest BCUT2D eigenvalue weighted by atomic mass is 35.5. The van der Waals surface area contributed by atoms with E-state index in [1.807, 2.05) is 19.1 Å². The summed E-state index contributed by atoms with van der Waals surface area (Å²) >= 11 is 5.70. The Morgan fingerprint density at radius 2 is 1.91 bits per heavy atom. The Labute approximate surface area is 135 Å². The molecule has 4 heteroatoms. The van der Waals surface area contributed by atoms with Crippen molar-refractivity contribution in [2.75, 3.05) is 0 Å². The Kier molecular flexibility index (Phi) is 5.56. The maximum absolute atomic E-state index is 13.7.